The van der Waals surface area contributed by atoms with Crippen molar-refractivity contribution in [3.8, 4) is 11.4 Å². The Balaban J connectivity index is 1.67. The van der Waals surface area contributed by atoms with Gasteiger partial charge in [-0.1, -0.05) is 12.1 Å². The summed E-state index contributed by atoms with van der Waals surface area (Å²) in [6.45, 7) is 1.68. The molecule has 3 aromatic rings. The molecule has 29 heavy (non-hydrogen) atoms. The summed E-state index contributed by atoms with van der Waals surface area (Å²) in [5.74, 6) is -0.892. The molecule has 0 saturated heterocycles. The van der Waals surface area contributed by atoms with Gasteiger partial charge in [-0.25, -0.2) is 13.4 Å². The Kier molecular flexibility index (Phi) is 4.27. The van der Waals surface area contributed by atoms with E-state index in [1.807, 2.05) is 0 Å². The third-order valence-electron chi connectivity index (χ3n) is 4.28. The number of imide groups is 1. The predicted molar refractivity (Wildman–Crippen MR) is 104 cm³/mol. The van der Waals surface area contributed by atoms with Gasteiger partial charge in [0, 0.05) is 23.0 Å². The number of fused-ring (bicyclic) bond motifs is 1. The lowest BCUT2D eigenvalue weighted by atomic mass is 10.1. The van der Waals surface area contributed by atoms with Crippen LogP contribution in [0, 0.1) is 6.92 Å². The fourth-order valence-corrected chi connectivity index (χ4v) is 4.05. The summed E-state index contributed by atoms with van der Waals surface area (Å²) in [7, 11) is -4.02. The molecule has 10 heteroatoms. The zero-order valence-corrected chi connectivity index (χ0v) is 15.8. The monoisotopic (exact) mass is 410 g/mol. The van der Waals surface area contributed by atoms with Gasteiger partial charge in [-0.15, -0.1) is 0 Å². The summed E-state index contributed by atoms with van der Waals surface area (Å²) < 4.78 is 27.9. The van der Waals surface area contributed by atoms with Crippen LogP contribution < -0.4 is 15.6 Å². The molecule has 146 valence electrons. The van der Waals surface area contributed by atoms with Crippen LogP contribution in [0.3, 0.4) is 0 Å². The number of carbonyl (C=O) groups is 2. The molecule has 0 radical (unpaired) electrons. The number of aromatic nitrogens is 2. The number of aromatic amines is 1. The Morgan fingerprint density at radius 2 is 1.69 bits per heavy atom. The van der Waals surface area contributed by atoms with Crippen molar-refractivity contribution >= 4 is 27.5 Å². The van der Waals surface area contributed by atoms with Crippen molar-refractivity contribution in [3.63, 3.8) is 0 Å². The minimum Gasteiger partial charge on any atom is -0.307 e. The lowest BCUT2D eigenvalue weighted by Crippen LogP contribution is -2.19. The summed E-state index contributed by atoms with van der Waals surface area (Å²) in [5.41, 5.74) is 1.11. The first-order valence-electron chi connectivity index (χ1n) is 8.44. The third kappa shape index (κ3) is 3.52. The molecule has 1 aliphatic rings. The Labute approximate surface area is 164 Å². The topological polar surface area (TPSA) is 138 Å². The number of anilines is 1. The standard InChI is InChI=1S/C19H14N4O5S/c1-10-7-16(24)21-17(20-10)11-3-2-4-12(8-11)23-29(27,28)13-5-6-14-15(9-13)19(26)22-18(14)25/h2-9,23H,1H3,(H,20,21,24)(H,22,25,26). The van der Waals surface area contributed by atoms with Gasteiger partial charge in [0.05, 0.1) is 16.0 Å². The van der Waals surface area contributed by atoms with Crippen LogP contribution in [0.1, 0.15) is 26.4 Å². The van der Waals surface area contributed by atoms with E-state index in [0.29, 0.717) is 17.1 Å². The van der Waals surface area contributed by atoms with Crippen molar-refractivity contribution < 1.29 is 18.0 Å². The predicted octanol–water partition coefficient (Wildman–Crippen LogP) is 1.43. The van der Waals surface area contributed by atoms with E-state index in [1.54, 1.807) is 25.1 Å². The van der Waals surface area contributed by atoms with Gasteiger partial charge >= 0.3 is 0 Å². The number of rotatable bonds is 4. The van der Waals surface area contributed by atoms with Crippen molar-refractivity contribution in [2.45, 2.75) is 11.8 Å². The second-order valence-electron chi connectivity index (χ2n) is 6.41. The number of H-pyrrole nitrogens is 1. The lowest BCUT2D eigenvalue weighted by molar-refractivity contribution is 0.0879. The zero-order valence-electron chi connectivity index (χ0n) is 15.0. The summed E-state index contributed by atoms with van der Waals surface area (Å²) in [4.78, 5) is 41.8. The van der Waals surface area contributed by atoms with Crippen LogP contribution in [0.4, 0.5) is 5.69 Å². The number of sulfonamides is 1. The quantitative estimate of drug-likeness (QED) is 0.556. The molecule has 2 amide bonds. The number of aryl methyl sites for hydroxylation is 1. The molecular weight excluding hydrogens is 396 g/mol. The van der Waals surface area contributed by atoms with Crippen LogP contribution in [0.25, 0.3) is 11.4 Å². The van der Waals surface area contributed by atoms with E-state index in [4.69, 9.17) is 0 Å². The Hall–Kier alpha value is -3.79. The second-order valence-corrected chi connectivity index (χ2v) is 8.09. The molecule has 0 fully saturated rings. The number of benzene rings is 2. The molecule has 1 aliphatic heterocycles. The first-order valence-corrected chi connectivity index (χ1v) is 9.92. The van der Waals surface area contributed by atoms with Crippen LogP contribution in [-0.2, 0) is 10.0 Å². The van der Waals surface area contributed by atoms with Crippen LogP contribution in [0.2, 0.25) is 0 Å². The first-order chi connectivity index (χ1) is 13.7. The molecule has 0 bridgehead atoms. The van der Waals surface area contributed by atoms with Gasteiger partial charge in [0.1, 0.15) is 5.82 Å². The molecule has 3 N–H and O–H groups in total. The minimum atomic E-state index is -4.02. The van der Waals surface area contributed by atoms with Crippen LogP contribution in [-0.4, -0.2) is 30.2 Å². The number of nitrogens with zero attached hydrogens (tertiary/aromatic N) is 1. The molecule has 0 unspecified atom stereocenters. The van der Waals surface area contributed by atoms with Crippen LogP contribution in [0.5, 0.6) is 0 Å². The number of hydrogen-bond donors (Lipinski definition) is 3. The van der Waals surface area contributed by atoms with Gasteiger partial charge in [0.25, 0.3) is 27.4 Å². The van der Waals surface area contributed by atoms with E-state index < -0.39 is 21.8 Å². The van der Waals surface area contributed by atoms with Crippen molar-refractivity contribution in [2.75, 3.05) is 4.72 Å². The van der Waals surface area contributed by atoms with Gasteiger partial charge in [0.15, 0.2) is 0 Å². The average molecular weight is 410 g/mol. The Morgan fingerprint density at radius 1 is 0.931 bits per heavy atom. The highest BCUT2D eigenvalue weighted by Crippen LogP contribution is 2.24. The van der Waals surface area contributed by atoms with E-state index in [0.717, 1.165) is 6.07 Å². The van der Waals surface area contributed by atoms with Gasteiger partial charge in [-0.3, -0.25) is 24.4 Å². The maximum atomic E-state index is 12.7. The van der Waals surface area contributed by atoms with Gasteiger partial charge in [-0.2, -0.15) is 0 Å². The lowest BCUT2D eigenvalue weighted by Gasteiger charge is -2.10. The van der Waals surface area contributed by atoms with Crippen molar-refractivity contribution in [1.29, 1.82) is 0 Å². The Bertz CT molecular complexity index is 1340. The smallest absolute Gasteiger partial charge is 0.261 e. The molecule has 2 heterocycles. The van der Waals surface area contributed by atoms with Gasteiger partial charge < -0.3 is 4.98 Å². The molecule has 2 aromatic carbocycles. The molecule has 0 atom stereocenters. The van der Waals surface area contributed by atoms with E-state index in [9.17, 15) is 22.8 Å². The van der Waals surface area contributed by atoms with E-state index in [2.05, 4.69) is 20.0 Å². The summed E-state index contributed by atoms with van der Waals surface area (Å²) in [6, 6.07) is 11.4. The SMILES string of the molecule is Cc1cc(=O)[nH]c(-c2cccc(NS(=O)(=O)c3ccc4c(c3)C(=O)NC4=O)c2)n1. The van der Waals surface area contributed by atoms with Crippen LogP contribution >= 0.6 is 0 Å². The summed E-state index contributed by atoms with van der Waals surface area (Å²) >= 11 is 0. The molecule has 0 saturated carbocycles. The van der Waals surface area contributed by atoms with Crippen molar-refractivity contribution in [1.82, 2.24) is 15.3 Å². The zero-order chi connectivity index (χ0) is 20.8. The second kappa shape index (κ2) is 6.67. The third-order valence-corrected chi connectivity index (χ3v) is 5.65. The Morgan fingerprint density at radius 3 is 2.45 bits per heavy atom. The fraction of sp³-hybridized carbons (Fsp3) is 0.0526. The number of carbonyl (C=O) groups excluding carboxylic acids is 2. The van der Waals surface area contributed by atoms with Crippen LogP contribution in [0.15, 0.2) is 58.2 Å². The molecular formula is C19H14N4O5S. The average Bonchev–Trinajstić information content (AvgIpc) is 2.94. The van der Waals surface area contributed by atoms with Crippen molar-refractivity contribution in [3.05, 3.63) is 75.7 Å². The highest BCUT2D eigenvalue weighted by atomic mass is 32.2. The first kappa shape index (κ1) is 18.6. The molecule has 0 spiro atoms. The van der Waals surface area contributed by atoms with Crippen molar-refractivity contribution in [2.24, 2.45) is 0 Å². The minimum absolute atomic E-state index is 0.00756. The summed E-state index contributed by atoms with van der Waals surface area (Å²) in [5, 5.41) is 2.12. The highest BCUT2D eigenvalue weighted by molar-refractivity contribution is 7.92. The maximum Gasteiger partial charge on any atom is 0.261 e. The maximum absolute atomic E-state index is 12.7. The molecule has 0 aliphatic carbocycles. The number of amides is 2. The molecule has 9 nitrogen and oxygen atoms in total. The largest absolute Gasteiger partial charge is 0.307 e. The van der Waals surface area contributed by atoms with E-state index >= 15 is 0 Å². The highest BCUT2D eigenvalue weighted by Gasteiger charge is 2.28. The van der Waals surface area contributed by atoms with Gasteiger partial charge in [-0.05, 0) is 37.3 Å². The fourth-order valence-electron chi connectivity index (χ4n) is 2.97. The van der Waals surface area contributed by atoms with E-state index in [1.165, 1.54) is 24.3 Å². The van der Waals surface area contributed by atoms with E-state index in [-0.39, 0.29) is 27.3 Å². The number of nitrogens with one attached hydrogen (secondary N) is 3. The van der Waals surface area contributed by atoms with Gasteiger partial charge in [0.2, 0.25) is 0 Å². The summed E-state index contributed by atoms with van der Waals surface area (Å²) in [6.07, 6.45) is 0. The molecule has 4 rings (SSSR count). The molecule has 1 aromatic heterocycles. The number of hydrogen-bond acceptors (Lipinski definition) is 6. The normalized spacial score (nSPS) is 13.1.